The Morgan fingerprint density at radius 2 is 1.94 bits per heavy atom. The predicted molar refractivity (Wildman–Crippen MR) is 73.3 cm³/mol. The number of ether oxygens (including phenoxy) is 1. The zero-order valence-electron chi connectivity index (χ0n) is 10.8. The van der Waals surface area contributed by atoms with E-state index in [-0.39, 0.29) is 0 Å². The number of hydrogen-bond acceptors (Lipinski definition) is 4. The summed E-state index contributed by atoms with van der Waals surface area (Å²) in [5.41, 5.74) is 1.77. The van der Waals surface area contributed by atoms with E-state index >= 15 is 0 Å². The van der Waals surface area contributed by atoms with Gasteiger partial charge in [-0.05, 0) is 38.5 Å². The molecule has 0 aliphatic rings. The number of aromatic nitrogens is 1. The molecule has 0 fully saturated rings. The van der Waals surface area contributed by atoms with E-state index in [0.717, 1.165) is 26.9 Å². The van der Waals surface area contributed by atoms with Gasteiger partial charge in [0.2, 0.25) is 0 Å². The van der Waals surface area contributed by atoms with Gasteiger partial charge in [0.05, 0.1) is 22.2 Å². The zero-order valence-corrected chi connectivity index (χ0v) is 11.6. The molecule has 0 aliphatic heterocycles. The number of nitrogens with zero attached hydrogens (tertiary/aromatic N) is 1. The molecule has 1 atom stereocenters. The molecule has 2 aromatic rings. The minimum atomic E-state index is -0.605. The lowest BCUT2D eigenvalue weighted by molar-refractivity contribution is 0.223. The molecule has 0 bridgehead atoms. The molecule has 1 aromatic heterocycles. The van der Waals surface area contributed by atoms with Crippen molar-refractivity contribution in [1.29, 1.82) is 0 Å². The van der Waals surface area contributed by atoms with Gasteiger partial charge in [0.25, 0.3) is 0 Å². The third-order valence-corrected chi connectivity index (χ3v) is 3.82. The SMILES string of the molecule is CCOc1ccc(C(O)c2sc(C)nc2C)cc1. The average Bonchev–Trinajstić information content (AvgIpc) is 2.69. The third-order valence-electron chi connectivity index (χ3n) is 2.69. The van der Waals surface area contributed by atoms with Crippen molar-refractivity contribution in [3.8, 4) is 5.75 Å². The summed E-state index contributed by atoms with van der Waals surface area (Å²) < 4.78 is 5.38. The molecule has 1 N–H and O–H groups in total. The van der Waals surface area contributed by atoms with Crippen molar-refractivity contribution in [1.82, 2.24) is 4.98 Å². The molecule has 1 unspecified atom stereocenters. The molecule has 0 saturated carbocycles. The summed E-state index contributed by atoms with van der Waals surface area (Å²) >= 11 is 1.54. The van der Waals surface area contributed by atoms with Crippen molar-refractivity contribution in [3.63, 3.8) is 0 Å². The molecule has 1 aromatic carbocycles. The predicted octanol–water partition coefficient (Wildman–Crippen LogP) is 3.24. The van der Waals surface area contributed by atoms with E-state index in [4.69, 9.17) is 4.74 Å². The normalized spacial score (nSPS) is 12.4. The van der Waals surface area contributed by atoms with Crippen LogP contribution in [0.4, 0.5) is 0 Å². The van der Waals surface area contributed by atoms with Crippen molar-refractivity contribution in [2.45, 2.75) is 26.9 Å². The van der Waals surface area contributed by atoms with E-state index in [0.29, 0.717) is 6.61 Å². The fourth-order valence-electron chi connectivity index (χ4n) is 1.87. The van der Waals surface area contributed by atoms with Crippen LogP contribution in [0.25, 0.3) is 0 Å². The van der Waals surface area contributed by atoms with Crippen molar-refractivity contribution in [3.05, 3.63) is 45.4 Å². The number of aliphatic hydroxyl groups is 1. The highest BCUT2D eigenvalue weighted by atomic mass is 32.1. The fourth-order valence-corrected chi connectivity index (χ4v) is 2.81. The number of hydrogen-bond donors (Lipinski definition) is 1. The number of aliphatic hydroxyl groups excluding tert-OH is 1. The first kappa shape index (κ1) is 13.1. The number of thiazole rings is 1. The van der Waals surface area contributed by atoms with E-state index < -0.39 is 6.10 Å². The molecule has 4 heteroatoms. The Morgan fingerprint density at radius 1 is 1.28 bits per heavy atom. The van der Waals surface area contributed by atoms with Crippen LogP contribution in [0.15, 0.2) is 24.3 Å². The average molecular weight is 263 g/mol. The Hall–Kier alpha value is -1.39. The van der Waals surface area contributed by atoms with Crippen LogP contribution in [0.5, 0.6) is 5.75 Å². The highest BCUT2D eigenvalue weighted by Crippen LogP contribution is 2.30. The smallest absolute Gasteiger partial charge is 0.119 e. The van der Waals surface area contributed by atoms with Crippen molar-refractivity contribution in [2.24, 2.45) is 0 Å². The van der Waals surface area contributed by atoms with Crippen molar-refractivity contribution >= 4 is 11.3 Å². The number of rotatable bonds is 4. The van der Waals surface area contributed by atoms with E-state index in [9.17, 15) is 5.11 Å². The standard InChI is InChI=1S/C14H17NO2S/c1-4-17-12-7-5-11(6-8-12)13(16)14-9(2)15-10(3)18-14/h5-8,13,16H,4H2,1-3H3. The molecule has 2 rings (SSSR count). The van der Waals surface area contributed by atoms with Gasteiger partial charge in [0, 0.05) is 0 Å². The van der Waals surface area contributed by atoms with Crippen LogP contribution in [0.1, 0.15) is 34.2 Å². The molecule has 0 aliphatic carbocycles. The lowest BCUT2D eigenvalue weighted by atomic mass is 10.1. The van der Waals surface area contributed by atoms with Crippen molar-refractivity contribution in [2.75, 3.05) is 6.61 Å². The van der Waals surface area contributed by atoms with Gasteiger partial charge in [-0.3, -0.25) is 0 Å². The van der Waals surface area contributed by atoms with Gasteiger partial charge >= 0.3 is 0 Å². The second kappa shape index (κ2) is 5.50. The molecular weight excluding hydrogens is 246 g/mol. The highest BCUT2D eigenvalue weighted by molar-refractivity contribution is 7.11. The molecule has 3 nitrogen and oxygen atoms in total. The summed E-state index contributed by atoms with van der Waals surface area (Å²) in [6, 6.07) is 7.55. The van der Waals surface area contributed by atoms with Gasteiger partial charge < -0.3 is 9.84 Å². The van der Waals surface area contributed by atoms with Crippen LogP contribution in [0.3, 0.4) is 0 Å². The minimum absolute atomic E-state index is 0.605. The summed E-state index contributed by atoms with van der Waals surface area (Å²) in [6.45, 7) is 6.48. The molecule has 0 radical (unpaired) electrons. The Kier molecular flexibility index (Phi) is 3.99. The van der Waals surface area contributed by atoms with E-state index in [1.807, 2.05) is 45.0 Å². The van der Waals surface area contributed by atoms with Crippen LogP contribution in [0.2, 0.25) is 0 Å². The van der Waals surface area contributed by atoms with Crippen LogP contribution >= 0.6 is 11.3 Å². The monoisotopic (exact) mass is 263 g/mol. The first-order valence-electron chi connectivity index (χ1n) is 5.96. The number of aryl methyl sites for hydroxylation is 2. The maximum absolute atomic E-state index is 10.3. The van der Waals surface area contributed by atoms with Gasteiger partial charge in [0.1, 0.15) is 11.9 Å². The van der Waals surface area contributed by atoms with Crippen LogP contribution < -0.4 is 4.74 Å². The molecule has 0 amide bonds. The lowest BCUT2D eigenvalue weighted by Crippen LogP contribution is -1.99. The topological polar surface area (TPSA) is 42.4 Å². The molecular formula is C14H17NO2S. The zero-order chi connectivity index (χ0) is 13.1. The summed E-state index contributed by atoms with van der Waals surface area (Å²) in [6.07, 6.45) is -0.605. The largest absolute Gasteiger partial charge is 0.494 e. The molecule has 1 heterocycles. The Bertz CT molecular complexity index is 519. The Morgan fingerprint density at radius 3 is 2.44 bits per heavy atom. The maximum atomic E-state index is 10.3. The minimum Gasteiger partial charge on any atom is -0.494 e. The Balaban J connectivity index is 2.23. The summed E-state index contributed by atoms with van der Waals surface area (Å²) in [5.74, 6) is 0.825. The van der Waals surface area contributed by atoms with Crippen LogP contribution in [-0.4, -0.2) is 16.7 Å². The van der Waals surface area contributed by atoms with E-state index in [1.165, 1.54) is 11.3 Å². The van der Waals surface area contributed by atoms with Gasteiger partial charge in [0.15, 0.2) is 0 Å². The summed E-state index contributed by atoms with van der Waals surface area (Å²) in [7, 11) is 0. The second-order valence-electron chi connectivity index (χ2n) is 4.09. The fraction of sp³-hybridized carbons (Fsp3) is 0.357. The third kappa shape index (κ3) is 2.71. The molecule has 0 saturated heterocycles. The van der Waals surface area contributed by atoms with Crippen molar-refractivity contribution < 1.29 is 9.84 Å². The van der Waals surface area contributed by atoms with E-state index in [2.05, 4.69) is 4.98 Å². The summed E-state index contributed by atoms with van der Waals surface area (Å²) in [4.78, 5) is 5.25. The van der Waals surface area contributed by atoms with Gasteiger partial charge in [-0.1, -0.05) is 12.1 Å². The highest BCUT2D eigenvalue weighted by Gasteiger charge is 2.16. The maximum Gasteiger partial charge on any atom is 0.119 e. The van der Waals surface area contributed by atoms with E-state index in [1.54, 1.807) is 0 Å². The van der Waals surface area contributed by atoms with Gasteiger partial charge in [-0.2, -0.15) is 0 Å². The number of benzene rings is 1. The summed E-state index contributed by atoms with van der Waals surface area (Å²) in [5, 5.41) is 11.3. The second-order valence-corrected chi connectivity index (χ2v) is 5.32. The molecule has 96 valence electrons. The molecule has 18 heavy (non-hydrogen) atoms. The first-order chi connectivity index (χ1) is 8.61. The van der Waals surface area contributed by atoms with Crippen LogP contribution in [-0.2, 0) is 0 Å². The Labute approximate surface area is 111 Å². The van der Waals surface area contributed by atoms with Gasteiger partial charge in [-0.15, -0.1) is 11.3 Å². The lowest BCUT2D eigenvalue weighted by Gasteiger charge is -2.10. The van der Waals surface area contributed by atoms with Crippen LogP contribution in [0, 0.1) is 13.8 Å². The van der Waals surface area contributed by atoms with Gasteiger partial charge in [-0.25, -0.2) is 4.98 Å². The quantitative estimate of drug-likeness (QED) is 0.920. The molecule has 0 spiro atoms. The first-order valence-corrected chi connectivity index (χ1v) is 6.78.